The van der Waals surface area contributed by atoms with Gasteiger partial charge in [0.2, 0.25) is 5.91 Å². The lowest BCUT2D eigenvalue weighted by Gasteiger charge is -2.06. The Morgan fingerprint density at radius 1 is 1.41 bits per heavy atom. The second-order valence-corrected chi connectivity index (χ2v) is 6.98. The molecule has 0 bridgehead atoms. The van der Waals surface area contributed by atoms with Crippen molar-refractivity contribution in [2.75, 3.05) is 0 Å². The Hall–Kier alpha value is -2.22. The van der Waals surface area contributed by atoms with Gasteiger partial charge < -0.3 is 4.52 Å². The topological polar surface area (TPSA) is 102 Å². The van der Waals surface area contributed by atoms with Crippen LogP contribution in [0.25, 0.3) is 0 Å². The van der Waals surface area contributed by atoms with Crippen LogP contribution < -0.4 is 4.72 Å². The van der Waals surface area contributed by atoms with Gasteiger partial charge in [-0.25, -0.2) is 13.1 Å². The van der Waals surface area contributed by atoms with Gasteiger partial charge in [-0.1, -0.05) is 11.2 Å². The van der Waals surface area contributed by atoms with Gasteiger partial charge in [-0.15, -0.1) is 0 Å². The van der Waals surface area contributed by atoms with Crippen molar-refractivity contribution >= 4 is 15.9 Å². The molecule has 1 aliphatic carbocycles. The van der Waals surface area contributed by atoms with E-state index in [4.69, 9.17) is 4.52 Å². The van der Waals surface area contributed by atoms with Crippen LogP contribution in [0, 0.1) is 19.8 Å². The summed E-state index contributed by atoms with van der Waals surface area (Å²) in [5, 5.41) is 3.60. The average molecular weight is 321 g/mol. The van der Waals surface area contributed by atoms with E-state index in [2.05, 4.69) is 14.9 Å². The molecule has 3 rings (SSSR count). The van der Waals surface area contributed by atoms with Gasteiger partial charge in [-0.3, -0.25) is 9.78 Å². The minimum absolute atomic E-state index is 0.0218. The molecule has 2 aromatic rings. The maximum absolute atomic E-state index is 12.3. The standard InChI is InChI=1S/C14H15N3O4S/c1-8-13(9(2)21-16-8)22(19,20)17-14(18)12-6-11(12)10-4-3-5-15-7-10/h3-5,7,11-12H,6H2,1-2H3,(H,17,18). The van der Waals surface area contributed by atoms with Crippen LogP contribution in [0.4, 0.5) is 0 Å². The maximum Gasteiger partial charge on any atom is 0.269 e. The SMILES string of the molecule is Cc1noc(C)c1S(=O)(=O)NC(=O)C1CC1c1cccnc1. The Bertz CT molecular complexity index is 794. The van der Waals surface area contributed by atoms with E-state index in [0.29, 0.717) is 6.42 Å². The summed E-state index contributed by atoms with van der Waals surface area (Å²) in [6.45, 7) is 3.01. The second kappa shape index (κ2) is 5.20. The van der Waals surface area contributed by atoms with Crippen LogP contribution in [0.1, 0.15) is 29.4 Å². The third-order valence-corrected chi connectivity index (χ3v) is 5.30. The molecule has 2 aromatic heterocycles. The van der Waals surface area contributed by atoms with E-state index < -0.39 is 15.9 Å². The van der Waals surface area contributed by atoms with E-state index in [9.17, 15) is 13.2 Å². The van der Waals surface area contributed by atoms with Crippen LogP contribution in [-0.2, 0) is 14.8 Å². The molecule has 2 heterocycles. The number of carbonyl (C=O) groups excluding carboxylic acids is 1. The summed E-state index contributed by atoms with van der Waals surface area (Å²) in [5.41, 5.74) is 1.18. The summed E-state index contributed by atoms with van der Waals surface area (Å²) in [7, 11) is -3.96. The first-order valence-corrected chi connectivity index (χ1v) is 8.28. The fraction of sp³-hybridized carbons (Fsp3) is 0.357. The lowest BCUT2D eigenvalue weighted by molar-refractivity contribution is -0.120. The van der Waals surface area contributed by atoms with Gasteiger partial charge in [0.1, 0.15) is 5.69 Å². The largest absolute Gasteiger partial charge is 0.360 e. The van der Waals surface area contributed by atoms with Gasteiger partial charge in [-0.05, 0) is 37.8 Å². The number of amides is 1. The number of hydrogen-bond donors (Lipinski definition) is 1. The molecule has 1 N–H and O–H groups in total. The van der Waals surface area contributed by atoms with Crippen LogP contribution in [0.5, 0.6) is 0 Å². The molecule has 0 aromatic carbocycles. The molecule has 116 valence electrons. The molecule has 8 heteroatoms. The maximum atomic E-state index is 12.3. The molecule has 7 nitrogen and oxygen atoms in total. The van der Waals surface area contributed by atoms with Crippen molar-refractivity contribution in [3.05, 3.63) is 41.5 Å². The Balaban J connectivity index is 1.73. The minimum Gasteiger partial charge on any atom is -0.360 e. The number of rotatable bonds is 4. The Morgan fingerprint density at radius 3 is 2.77 bits per heavy atom. The van der Waals surface area contributed by atoms with Gasteiger partial charge in [0.25, 0.3) is 10.0 Å². The molecule has 0 aliphatic heterocycles. The molecule has 1 aliphatic rings. The minimum atomic E-state index is -3.96. The van der Waals surface area contributed by atoms with Crippen molar-refractivity contribution in [1.29, 1.82) is 0 Å². The van der Waals surface area contributed by atoms with Crippen molar-refractivity contribution < 1.29 is 17.7 Å². The summed E-state index contributed by atoms with van der Waals surface area (Å²) >= 11 is 0. The number of pyridine rings is 1. The van der Waals surface area contributed by atoms with Crippen LogP contribution in [-0.4, -0.2) is 24.5 Å². The van der Waals surface area contributed by atoms with Gasteiger partial charge in [0.15, 0.2) is 10.7 Å². The Kier molecular flexibility index (Phi) is 3.48. The first-order valence-electron chi connectivity index (χ1n) is 6.79. The van der Waals surface area contributed by atoms with E-state index >= 15 is 0 Å². The summed E-state index contributed by atoms with van der Waals surface area (Å²) < 4.78 is 31.5. The van der Waals surface area contributed by atoms with E-state index in [-0.39, 0.29) is 28.2 Å². The van der Waals surface area contributed by atoms with E-state index in [1.54, 1.807) is 18.5 Å². The molecule has 1 fully saturated rings. The van der Waals surface area contributed by atoms with Crippen LogP contribution in [0.2, 0.25) is 0 Å². The third-order valence-electron chi connectivity index (χ3n) is 3.71. The van der Waals surface area contributed by atoms with Crippen LogP contribution in [0.15, 0.2) is 33.9 Å². The third kappa shape index (κ3) is 2.61. The summed E-state index contributed by atoms with van der Waals surface area (Å²) in [4.78, 5) is 16.1. The molecule has 0 radical (unpaired) electrons. The second-order valence-electron chi connectivity index (χ2n) is 5.36. The fourth-order valence-electron chi connectivity index (χ4n) is 2.57. The fourth-order valence-corrected chi connectivity index (χ4v) is 3.93. The van der Waals surface area contributed by atoms with E-state index in [1.807, 2.05) is 6.07 Å². The van der Waals surface area contributed by atoms with Gasteiger partial charge in [0.05, 0.1) is 0 Å². The van der Waals surface area contributed by atoms with Crippen molar-refractivity contribution in [1.82, 2.24) is 14.9 Å². The molecule has 2 unspecified atom stereocenters. The molecular weight excluding hydrogens is 306 g/mol. The Morgan fingerprint density at radius 2 is 2.18 bits per heavy atom. The van der Waals surface area contributed by atoms with Crippen molar-refractivity contribution in [2.45, 2.75) is 31.1 Å². The Labute approximate surface area is 127 Å². The van der Waals surface area contributed by atoms with Crippen LogP contribution >= 0.6 is 0 Å². The van der Waals surface area contributed by atoms with E-state index in [1.165, 1.54) is 13.8 Å². The predicted octanol–water partition coefficient (Wildman–Crippen LogP) is 1.30. The monoisotopic (exact) mass is 321 g/mol. The smallest absolute Gasteiger partial charge is 0.269 e. The quantitative estimate of drug-likeness (QED) is 0.910. The zero-order valence-corrected chi connectivity index (χ0v) is 12.9. The average Bonchev–Trinajstić information content (AvgIpc) is 3.19. The number of nitrogens with one attached hydrogen (secondary N) is 1. The molecule has 0 spiro atoms. The van der Waals surface area contributed by atoms with Crippen molar-refractivity contribution in [3.63, 3.8) is 0 Å². The predicted molar refractivity (Wildman–Crippen MR) is 76.4 cm³/mol. The summed E-state index contributed by atoms with van der Waals surface area (Å²) in [6, 6.07) is 3.68. The highest BCUT2D eigenvalue weighted by atomic mass is 32.2. The highest BCUT2D eigenvalue weighted by Gasteiger charge is 2.45. The highest BCUT2D eigenvalue weighted by molar-refractivity contribution is 7.90. The van der Waals surface area contributed by atoms with Gasteiger partial charge in [-0.2, -0.15) is 0 Å². The molecule has 2 atom stereocenters. The lowest BCUT2D eigenvalue weighted by Crippen LogP contribution is -2.32. The zero-order chi connectivity index (χ0) is 15.9. The molecule has 0 saturated heterocycles. The first-order chi connectivity index (χ1) is 10.4. The molecular formula is C14H15N3O4S. The first kappa shape index (κ1) is 14.7. The van der Waals surface area contributed by atoms with Crippen molar-refractivity contribution in [2.24, 2.45) is 5.92 Å². The number of carbonyl (C=O) groups is 1. The number of hydrogen-bond acceptors (Lipinski definition) is 6. The molecule has 1 amide bonds. The number of sulfonamides is 1. The highest BCUT2D eigenvalue weighted by Crippen LogP contribution is 2.47. The van der Waals surface area contributed by atoms with Crippen molar-refractivity contribution in [3.8, 4) is 0 Å². The lowest BCUT2D eigenvalue weighted by atomic mass is 10.1. The normalized spacial score (nSPS) is 20.6. The summed E-state index contributed by atoms with van der Waals surface area (Å²) in [6.07, 6.45) is 3.97. The van der Waals surface area contributed by atoms with Gasteiger partial charge >= 0.3 is 0 Å². The molecule has 22 heavy (non-hydrogen) atoms. The zero-order valence-electron chi connectivity index (χ0n) is 12.1. The molecule has 1 saturated carbocycles. The van der Waals surface area contributed by atoms with Crippen LogP contribution in [0.3, 0.4) is 0 Å². The number of nitrogens with zero attached hydrogens (tertiary/aromatic N) is 2. The number of aromatic nitrogens is 2. The van der Waals surface area contributed by atoms with Gasteiger partial charge in [0, 0.05) is 18.3 Å². The van der Waals surface area contributed by atoms with E-state index in [0.717, 1.165) is 5.56 Å². The summed E-state index contributed by atoms with van der Waals surface area (Å²) in [5.74, 6) is -0.667. The number of aryl methyl sites for hydroxylation is 2.